The van der Waals surface area contributed by atoms with E-state index in [4.69, 9.17) is 9.84 Å². The first-order valence-electron chi connectivity index (χ1n) is 8.17. The van der Waals surface area contributed by atoms with Gasteiger partial charge < -0.3 is 10.1 Å². The predicted molar refractivity (Wildman–Crippen MR) is 83.3 cm³/mol. The standard InChI is InChI=1S/C17H22N4O/c1-2-7-19-15(3-1)9-18-10-16-17-14(6-8-22-16)12-21(20-17)11-13-4-5-13/h1-3,7,12-13,16,18H,4-6,8-11H2. The first-order valence-corrected chi connectivity index (χ1v) is 8.17. The number of hydrogen-bond acceptors (Lipinski definition) is 4. The third-order valence-electron chi connectivity index (χ3n) is 4.37. The molecule has 1 atom stereocenters. The molecule has 1 fully saturated rings. The molecular weight excluding hydrogens is 276 g/mol. The predicted octanol–water partition coefficient (Wildman–Crippen LogP) is 2.09. The van der Waals surface area contributed by atoms with Gasteiger partial charge in [-0.3, -0.25) is 9.67 Å². The Balaban J connectivity index is 1.37. The molecule has 1 saturated carbocycles. The molecule has 5 nitrogen and oxygen atoms in total. The fourth-order valence-electron chi connectivity index (χ4n) is 2.98. The van der Waals surface area contributed by atoms with E-state index >= 15 is 0 Å². The smallest absolute Gasteiger partial charge is 0.114 e. The van der Waals surface area contributed by atoms with Crippen LogP contribution in [0.2, 0.25) is 0 Å². The van der Waals surface area contributed by atoms with Crippen molar-refractivity contribution in [2.75, 3.05) is 13.2 Å². The summed E-state index contributed by atoms with van der Waals surface area (Å²) in [7, 11) is 0. The summed E-state index contributed by atoms with van der Waals surface area (Å²) in [6, 6.07) is 5.98. The Labute approximate surface area is 130 Å². The van der Waals surface area contributed by atoms with Crippen LogP contribution < -0.4 is 5.32 Å². The van der Waals surface area contributed by atoms with E-state index in [0.29, 0.717) is 0 Å². The van der Waals surface area contributed by atoms with E-state index in [1.54, 1.807) is 0 Å². The Morgan fingerprint density at radius 3 is 3.09 bits per heavy atom. The highest BCUT2D eigenvalue weighted by Crippen LogP contribution is 2.32. The maximum absolute atomic E-state index is 5.92. The van der Waals surface area contributed by atoms with Gasteiger partial charge >= 0.3 is 0 Å². The summed E-state index contributed by atoms with van der Waals surface area (Å²) in [5.41, 5.74) is 3.54. The number of ether oxygens (including phenoxy) is 1. The van der Waals surface area contributed by atoms with Gasteiger partial charge in [-0.1, -0.05) is 6.07 Å². The number of aromatic nitrogens is 3. The molecule has 1 unspecified atom stereocenters. The van der Waals surface area contributed by atoms with Crippen molar-refractivity contribution in [3.8, 4) is 0 Å². The van der Waals surface area contributed by atoms with Crippen LogP contribution in [0.1, 0.15) is 35.9 Å². The lowest BCUT2D eigenvalue weighted by Crippen LogP contribution is -2.27. The van der Waals surface area contributed by atoms with Crippen molar-refractivity contribution < 1.29 is 4.74 Å². The van der Waals surface area contributed by atoms with Gasteiger partial charge in [0.15, 0.2) is 0 Å². The van der Waals surface area contributed by atoms with Gasteiger partial charge in [-0.25, -0.2) is 0 Å². The molecule has 2 aliphatic rings. The number of rotatable bonds is 6. The second-order valence-corrected chi connectivity index (χ2v) is 6.27. The third kappa shape index (κ3) is 3.20. The topological polar surface area (TPSA) is 52.0 Å². The zero-order valence-corrected chi connectivity index (χ0v) is 12.7. The van der Waals surface area contributed by atoms with Gasteiger partial charge in [0.1, 0.15) is 6.10 Å². The van der Waals surface area contributed by atoms with Crippen LogP contribution in [-0.4, -0.2) is 27.9 Å². The molecule has 1 N–H and O–H groups in total. The summed E-state index contributed by atoms with van der Waals surface area (Å²) < 4.78 is 8.05. The number of fused-ring (bicyclic) bond motifs is 1. The summed E-state index contributed by atoms with van der Waals surface area (Å²) in [6.45, 7) is 3.40. The number of nitrogens with zero attached hydrogens (tertiary/aromatic N) is 3. The van der Waals surface area contributed by atoms with E-state index in [1.807, 2.05) is 24.4 Å². The fourth-order valence-corrected chi connectivity index (χ4v) is 2.98. The molecule has 0 amide bonds. The maximum Gasteiger partial charge on any atom is 0.114 e. The molecule has 1 aliphatic carbocycles. The highest BCUT2D eigenvalue weighted by atomic mass is 16.5. The van der Waals surface area contributed by atoms with Gasteiger partial charge in [-0.2, -0.15) is 5.10 Å². The molecule has 22 heavy (non-hydrogen) atoms. The minimum Gasteiger partial charge on any atom is -0.370 e. The molecule has 0 bridgehead atoms. The summed E-state index contributed by atoms with van der Waals surface area (Å²) >= 11 is 0. The Kier molecular flexibility index (Phi) is 3.91. The van der Waals surface area contributed by atoms with Crippen LogP contribution in [-0.2, 0) is 24.2 Å². The third-order valence-corrected chi connectivity index (χ3v) is 4.37. The number of hydrogen-bond donors (Lipinski definition) is 1. The summed E-state index contributed by atoms with van der Waals surface area (Å²) in [5, 5.41) is 8.21. The average Bonchev–Trinajstić information content (AvgIpc) is 3.25. The van der Waals surface area contributed by atoms with Crippen LogP contribution in [0.3, 0.4) is 0 Å². The minimum atomic E-state index is 0.0629. The van der Waals surface area contributed by atoms with Crippen molar-refractivity contribution in [1.82, 2.24) is 20.1 Å². The lowest BCUT2D eigenvalue weighted by molar-refractivity contribution is 0.0392. The van der Waals surface area contributed by atoms with Crippen LogP contribution in [0, 0.1) is 5.92 Å². The number of nitrogens with one attached hydrogen (secondary N) is 1. The fraction of sp³-hybridized carbons (Fsp3) is 0.529. The van der Waals surface area contributed by atoms with Gasteiger partial charge in [0.05, 0.1) is 18.0 Å². The highest BCUT2D eigenvalue weighted by molar-refractivity contribution is 5.22. The van der Waals surface area contributed by atoms with Gasteiger partial charge in [0, 0.05) is 32.0 Å². The van der Waals surface area contributed by atoms with Gasteiger partial charge in [0.25, 0.3) is 0 Å². The molecule has 0 aromatic carbocycles. The Hall–Kier alpha value is -1.72. The van der Waals surface area contributed by atoms with Crippen molar-refractivity contribution in [2.45, 2.75) is 38.5 Å². The molecule has 1 aliphatic heterocycles. The Morgan fingerprint density at radius 1 is 1.32 bits per heavy atom. The summed E-state index contributed by atoms with van der Waals surface area (Å²) in [4.78, 5) is 4.33. The number of pyridine rings is 1. The molecule has 0 saturated heterocycles. The highest BCUT2D eigenvalue weighted by Gasteiger charge is 2.27. The van der Waals surface area contributed by atoms with Crippen LogP contribution in [0.5, 0.6) is 0 Å². The zero-order valence-electron chi connectivity index (χ0n) is 12.7. The second-order valence-electron chi connectivity index (χ2n) is 6.27. The molecule has 0 spiro atoms. The van der Waals surface area contributed by atoms with Crippen LogP contribution >= 0.6 is 0 Å². The van der Waals surface area contributed by atoms with Crippen LogP contribution in [0.4, 0.5) is 0 Å². The SMILES string of the molecule is c1ccc(CNCC2OCCc3cn(CC4CC4)nc32)nc1. The molecule has 0 radical (unpaired) electrons. The van der Waals surface area contributed by atoms with Crippen LogP contribution in [0.15, 0.2) is 30.6 Å². The molecule has 5 heteroatoms. The molecule has 4 rings (SSSR count). The van der Waals surface area contributed by atoms with Crippen molar-refractivity contribution in [2.24, 2.45) is 5.92 Å². The summed E-state index contributed by atoms with van der Waals surface area (Å²) in [5.74, 6) is 0.850. The normalized spacial score (nSPS) is 20.8. The van der Waals surface area contributed by atoms with E-state index < -0.39 is 0 Å². The lowest BCUT2D eigenvalue weighted by Gasteiger charge is -2.22. The average molecular weight is 298 g/mol. The Morgan fingerprint density at radius 2 is 2.27 bits per heavy atom. The van der Waals surface area contributed by atoms with E-state index in [-0.39, 0.29) is 6.10 Å². The molecular formula is C17H22N4O. The van der Waals surface area contributed by atoms with E-state index in [2.05, 4.69) is 21.2 Å². The molecule has 116 valence electrons. The molecule has 3 heterocycles. The largest absolute Gasteiger partial charge is 0.370 e. The van der Waals surface area contributed by atoms with Crippen molar-refractivity contribution in [1.29, 1.82) is 0 Å². The quantitative estimate of drug-likeness (QED) is 0.887. The van der Waals surface area contributed by atoms with Crippen molar-refractivity contribution in [3.05, 3.63) is 47.5 Å². The van der Waals surface area contributed by atoms with Crippen molar-refractivity contribution >= 4 is 0 Å². The maximum atomic E-state index is 5.92. The van der Waals surface area contributed by atoms with Crippen molar-refractivity contribution in [3.63, 3.8) is 0 Å². The van der Waals surface area contributed by atoms with E-state index in [9.17, 15) is 0 Å². The zero-order chi connectivity index (χ0) is 14.8. The molecule has 2 aromatic rings. The lowest BCUT2D eigenvalue weighted by atomic mass is 10.1. The minimum absolute atomic E-state index is 0.0629. The van der Waals surface area contributed by atoms with E-state index in [1.165, 1.54) is 18.4 Å². The van der Waals surface area contributed by atoms with Gasteiger partial charge in [-0.05, 0) is 42.9 Å². The van der Waals surface area contributed by atoms with E-state index in [0.717, 1.165) is 50.0 Å². The molecule has 2 aromatic heterocycles. The monoisotopic (exact) mass is 298 g/mol. The first kappa shape index (κ1) is 13.9. The summed E-state index contributed by atoms with van der Waals surface area (Å²) in [6.07, 6.45) is 7.81. The van der Waals surface area contributed by atoms with Crippen LogP contribution in [0.25, 0.3) is 0 Å². The first-order chi connectivity index (χ1) is 10.9. The van der Waals surface area contributed by atoms with Gasteiger partial charge in [0.2, 0.25) is 0 Å². The Bertz CT molecular complexity index is 621. The second kappa shape index (κ2) is 6.18. The van der Waals surface area contributed by atoms with Gasteiger partial charge in [-0.15, -0.1) is 0 Å².